The van der Waals surface area contributed by atoms with E-state index in [1.807, 2.05) is 19.1 Å². The van der Waals surface area contributed by atoms with Crippen LogP contribution in [-0.4, -0.2) is 17.0 Å². The third-order valence-electron chi connectivity index (χ3n) is 2.65. The average molecular weight is 303 g/mol. The van der Waals surface area contributed by atoms with Gasteiger partial charge in [0.1, 0.15) is 0 Å². The maximum absolute atomic E-state index is 11.7. The highest BCUT2D eigenvalue weighted by molar-refractivity contribution is 7.13. The second-order valence-corrected chi connectivity index (χ2v) is 5.66. The molecule has 0 saturated carbocycles. The van der Waals surface area contributed by atoms with Crippen molar-refractivity contribution in [3.05, 3.63) is 61.8 Å². The summed E-state index contributed by atoms with van der Waals surface area (Å²) in [5, 5.41) is 14.4. The number of benzene rings is 1. The summed E-state index contributed by atoms with van der Waals surface area (Å²) in [6.45, 7) is 2.00. The van der Waals surface area contributed by atoms with Crippen molar-refractivity contribution >= 4 is 29.1 Å². The SMILES string of the molecule is Cc1ccc(/C=N\NC(=O)Cc2ccc([N+](=O)[O-])cc2)s1. The highest BCUT2D eigenvalue weighted by Crippen LogP contribution is 2.13. The van der Waals surface area contributed by atoms with E-state index in [0.29, 0.717) is 5.56 Å². The van der Waals surface area contributed by atoms with Crippen LogP contribution in [0.3, 0.4) is 0 Å². The number of amides is 1. The predicted octanol–water partition coefficient (Wildman–Crippen LogP) is 2.66. The summed E-state index contributed by atoms with van der Waals surface area (Å²) in [5.74, 6) is -0.270. The second kappa shape index (κ2) is 6.76. The fraction of sp³-hybridized carbons (Fsp3) is 0.143. The molecule has 0 bridgehead atoms. The molecular formula is C14H13N3O3S. The number of nitrogens with one attached hydrogen (secondary N) is 1. The van der Waals surface area contributed by atoms with Crippen LogP contribution in [0.2, 0.25) is 0 Å². The lowest BCUT2D eigenvalue weighted by atomic mass is 10.1. The topological polar surface area (TPSA) is 84.6 Å². The van der Waals surface area contributed by atoms with E-state index >= 15 is 0 Å². The smallest absolute Gasteiger partial charge is 0.269 e. The van der Waals surface area contributed by atoms with Crippen molar-refractivity contribution in [2.45, 2.75) is 13.3 Å². The molecule has 0 saturated heterocycles. The van der Waals surface area contributed by atoms with Gasteiger partial charge in [0.25, 0.3) is 5.69 Å². The minimum absolute atomic E-state index is 0.00486. The molecule has 0 unspecified atom stereocenters. The zero-order chi connectivity index (χ0) is 15.2. The van der Waals surface area contributed by atoms with Crippen LogP contribution in [0, 0.1) is 17.0 Å². The molecule has 1 N–H and O–H groups in total. The van der Waals surface area contributed by atoms with Gasteiger partial charge in [-0.2, -0.15) is 5.10 Å². The van der Waals surface area contributed by atoms with Crippen molar-refractivity contribution in [2.75, 3.05) is 0 Å². The van der Waals surface area contributed by atoms with Crippen molar-refractivity contribution in [3.63, 3.8) is 0 Å². The Kier molecular flexibility index (Phi) is 4.78. The molecule has 0 radical (unpaired) electrons. The van der Waals surface area contributed by atoms with Crippen molar-refractivity contribution in [2.24, 2.45) is 5.10 Å². The van der Waals surface area contributed by atoms with Gasteiger partial charge in [0.05, 0.1) is 17.6 Å². The fourth-order valence-corrected chi connectivity index (χ4v) is 2.40. The van der Waals surface area contributed by atoms with Crippen molar-refractivity contribution in [1.29, 1.82) is 0 Å². The van der Waals surface area contributed by atoms with Crippen molar-refractivity contribution in [1.82, 2.24) is 5.43 Å². The first-order valence-corrected chi connectivity index (χ1v) is 6.98. The number of nitrogens with zero attached hydrogens (tertiary/aromatic N) is 2. The maximum Gasteiger partial charge on any atom is 0.269 e. The van der Waals surface area contributed by atoms with Crippen LogP contribution in [0.25, 0.3) is 0 Å². The standard InChI is InChI=1S/C14H13N3O3S/c1-10-2-7-13(21-10)9-15-16-14(18)8-11-3-5-12(6-4-11)17(19)20/h2-7,9H,8H2,1H3,(H,16,18)/b15-9-. The number of nitro benzene ring substituents is 1. The van der Waals surface area contributed by atoms with E-state index < -0.39 is 4.92 Å². The first-order chi connectivity index (χ1) is 10.0. The Hall–Kier alpha value is -2.54. The van der Waals surface area contributed by atoms with Crippen LogP contribution in [-0.2, 0) is 11.2 Å². The molecule has 0 aliphatic carbocycles. The third kappa shape index (κ3) is 4.50. The van der Waals surface area contributed by atoms with Gasteiger partial charge < -0.3 is 0 Å². The normalized spacial score (nSPS) is 10.7. The minimum Gasteiger partial charge on any atom is -0.273 e. The number of carbonyl (C=O) groups excluding carboxylic acids is 1. The van der Waals surface area contributed by atoms with Gasteiger partial charge in [0.15, 0.2) is 0 Å². The molecule has 0 aliphatic rings. The van der Waals surface area contributed by atoms with E-state index in [-0.39, 0.29) is 18.0 Å². The van der Waals surface area contributed by atoms with E-state index in [2.05, 4.69) is 10.5 Å². The van der Waals surface area contributed by atoms with Crippen LogP contribution in [0.4, 0.5) is 5.69 Å². The van der Waals surface area contributed by atoms with Gasteiger partial charge >= 0.3 is 0 Å². The van der Waals surface area contributed by atoms with E-state index in [1.54, 1.807) is 29.7 Å². The van der Waals surface area contributed by atoms with E-state index in [9.17, 15) is 14.9 Å². The summed E-state index contributed by atoms with van der Waals surface area (Å²) in [6.07, 6.45) is 1.71. The molecule has 0 atom stereocenters. The number of hydrazone groups is 1. The van der Waals surface area contributed by atoms with E-state index in [1.165, 1.54) is 17.0 Å². The summed E-state index contributed by atoms with van der Waals surface area (Å²) in [6, 6.07) is 9.77. The Balaban J connectivity index is 1.86. The largest absolute Gasteiger partial charge is 0.273 e. The van der Waals surface area contributed by atoms with Crippen LogP contribution in [0.5, 0.6) is 0 Å². The molecule has 1 aromatic heterocycles. The van der Waals surface area contributed by atoms with Gasteiger partial charge in [0, 0.05) is 21.9 Å². The van der Waals surface area contributed by atoms with E-state index in [0.717, 1.165) is 4.88 Å². The molecule has 0 spiro atoms. The zero-order valence-corrected chi connectivity index (χ0v) is 12.1. The van der Waals surface area contributed by atoms with Crippen LogP contribution in [0.1, 0.15) is 15.3 Å². The number of non-ortho nitro benzene ring substituents is 1. The third-order valence-corrected chi connectivity index (χ3v) is 3.59. The lowest BCUT2D eigenvalue weighted by Gasteiger charge is -2.00. The van der Waals surface area contributed by atoms with Gasteiger partial charge in [0.2, 0.25) is 5.91 Å². The molecule has 0 aliphatic heterocycles. The quantitative estimate of drug-likeness (QED) is 0.523. The molecule has 1 aromatic carbocycles. The number of hydrogen-bond donors (Lipinski definition) is 1. The Morgan fingerprint density at radius 3 is 2.62 bits per heavy atom. The van der Waals surface area contributed by atoms with Gasteiger partial charge in [-0.1, -0.05) is 12.1 Å². The fourth-order valence-electron chi connectivity index (χ4n) is 1.65. The summed E-state index contributed by atoms with van der Waals surface area (Å²) in [5.41, 5.74) is 3.13. The highest BCUT2D eigenvalue weighted by Gasteiger charge is 2.06. The summed E-state index contributed by atoms with van der Waals surface area (Å²) >= 11 is 1.58. The molecular weight excluding hydrogens is 290 g/mol. The Morgan fingerprint density at radius 1 is 1.33 bits per heavy atom. The maximum atomic E-state index is 11.7. The molecule has 108 valence electrons. The summed E-state index contributed by atoms with van der Waals surface area (Å²) < 4.78 is 0. The summed E-state index contributed by atoms with van der Waals surface area (Å²) in [4.78, 5) is 23.9. The predicted molar refractivity (Wildman–Crippen MR) is 81.6 cm³/mol. The number of rotatable bonds is 5. The molecule has 0 fully saturated rings. The molecule has 2 aromatic rings. The molecule has 6 nitrogen and oxygen atoms in total. The van der Waals surface area contributed by atoms with Gasteiger partial charge in [-0.15, -0.1) is 11.3 Å². The van der Waals surface area contributed by atoms with Crippen LogP contribution in [0.15, 0.2) is 41.5 Å². The lowest BCUT2D eigenvalue weighted by Crippen LogP contribution is -2.19. The first kappa shape index (κ1) is 14.9. The number of hydrogen-bond acceptors (Lipinski definition) is 5. The first-order valence-electron chi connectivity index (χ1n) is 6.16. The van der Waals surface area contributed by atoms with Crippen LogP contribution >= 0.6 is 11.3 Å². The Labute approximate surface area is 125 Å². The van der Waals surface area contributed by atoms with Gasteiger partial charge in [-0.25, -0.2) is 5.43 Å². The summed E-state index contributed by atoms with van der Waals surface area (Å²) in [7, 11) is 0. The van der Waals surface area contributed by atoms with Crippen molar-refractivity contribution < 1.29 is 9.72 Å². The number of carbonyl (C=O) groups is 1. The van der Waals surface area contributed by atoms with Gasteiger partial charge in [-0.05, 0) is 24.6 Å². The number of aryl methyl sites for hydroxylation is 1. The van der Waals surface area contributed by atoms with E-state index in [4.69, 9.17) is 0 Å². The van der Waals surface area contributed by atoms with Gasteiger partial charge in [-0.3, -0.25) is 14.9 Å². The Bertz CT molecular complexity index is 677. The molecule has 2 rings (SSSR count). The molecule has 1 heterocycles. The molecule has 21 heavy (non-hydrogen) atoms. The average Bonchev–Trinajstić information content (AvgIpc) is 2.85. The Morgan fingerprint density at radius 2 is 2.05 bits per heavy atom. The minimum atomic E-state index is -0.475. The monoisotopic (exact) mass is 303 g/mol. The molecule has 1 amide bonds. The van der Waals surface area contributed by atoms with Crippen LogP contribution < -0.4 is 5.43 Å². The molecule has 7 heteroatoms. The number of nitro groups is 1. The lowest BCUT2D eigenvalue weighted by molar-refractivity contribution is -0.384. The highest BCUT2D eigenvalue weighted by atomic mass is 32.1. The van der Waals surface area contributed by atoms with Crippen molar-refractivity contribution in [3.8, 4) is 0 Å². The number of thiophene rings is 1. The zero-order valence-electron chi connectivity index (χ0n) is 11.3. The second-order valence-electron chi connectivity index (χ2n) is 4.34.